The van der Waals surface area contributed by atoms with Gasteiger partial charge in [-0.25, -0.2) is 4.79 Å². The van der Waals surface area contributed by atoms with Crippen LogP contribution in [0.15, 0.2) is 6.07 Å². The first kappa shape index (κ1) is 16.7. The minimum atomic E-state index is -0.0973. The van der Waals surface area contributed by atoms with Crippen molar-refractivity contribution in [1.29, 1.82) is 0 Å². The summed E-state index contributed by atoms with van der Waals surface area (Å²) in [5, 5.41) is 14.4. The minimum absolute atomic E-state index is 0.0973. The fourth-order valence-electron chi connectivity index (χ4n) is 3.24. The van der Waals surface area contributed by atoms with Gasteiger partial charge in [-0.2, -0.15) is 10.2 Å². The van der Waals surface area contributed by atoms with Crippen molar-refractivity contribution in [2.45, 2.75) is 39.2 Å². The highest BCUT2D eigenvalue weighted by molar-refractivity contribution is 7.71. The smallest absolute Gasteiger partial charge is 0.323 e. The molecule has 9 heteroatoms. The maximum Gasteiger partial charge on any atom is 0.323 e. The van der Waals surface area contributed by atoms with Gasteiger partial charge < -0.3 is 9.47 Å². The monoisotopic (exact) mass is 349 g/mol. The van der Waals surface area contributed by atoms with Crippen LogP contribution in [0.4, 0.5) is 10.6 Å². The molecular weight excluding hydrogens is 326 g/mol. The summed E-state index contributed by atoms with van der Waals surface area (Å²) in [6.07, 6.45) is 1.96. The second-order valence-electron chi connectivity index (χ2n) is 6.14. The van der Waals surface area contributed by atoms with E-state index in [4.69, 9.17) is 12.2 Å². The summed E-state index contributed by atoms with van der Waals surface area (Å²) in [6.45, 7) is 6.12. The number of hydrogen-bond acceptors (Lipinski definition) is 4. The van der Waals surface area contributed by atoms with Crippen molar-refractivity contribution in [3.05, 3.63) is 22.4 Å². The minimum Gasteiger partial charge on any atom is -0.324 e. The number of nitrogens with one attached hydrogen (secondary N) is 2. The maximum absolute atomic E-state index is 12.6. The molecule has 2 aromatic heterocycles. The van der Waals surface area contributed by atoms with Crippen LogP contribution in [0.25, 0.3) is 0 Å². The number of urea groups is 1. The van der Waals surface area contributed by atoms with Gasteiger partial charge in [0.25, 0.3) is 0 Å². The Kier molecular flexibility index (Phi) is 4.70. The molecule has 0 aromatic carbocycles. The quantitative estimate of drug-likeness (QED) is 0.834. The molecule has 130 valence electrons. The largest absolute Gasteiger partial charge is 0.324 e. The lowest BCUT2D eigenvalue weighted by Crippen LogP contribution is -2.42. The number of nitrogens with zero attached hydrogens (tertiary/aromatic N) is 5. The fourth-order valence-corrected chi connectivity index (χ4v) is 3.50. The van der Waals surface area contributed by atoms with Crippen LogP contribution in [-0.4, -0.2) is 48.6 Å². The van der Waals surface area contributed by atoms with E-state index in [9.17, 15) is 4.79 Å². The molecule has 0 saturated carbocycles. The topological polar surface area (TPSA) is 83.8 Å². The molecule has 2 amide bonds. The summed E-state index contributed by atoms with van der Waals surface area (Å²) in [5.41, 5.74) is 0.878. The van der Waals surface area contributed by atoms with Crippen LogP contribution >= 0.6 is 12.2 Å². The number of aromatic amines is 1. The van der Waals surface area contributed by atoms with Crippen molar-refractivity contribution in [2.75, 3.05) is 18.4 Å². The van der Waals surface area contributed by atoms with E-state index in [0.29, 0.717) is 17.1 Å². The van der Waals surface area contributed by atoms with E-state index in [1.807, 2.05) is 36.4 Å². The van der Waals surface area contributed by atoms with Crippen LogP contribution in [0.3, 0.4) is 0 Å². The summed E-state index contributed by atoms with van der Waals surface area (Å²) in [6, 6.07) is 1.77. The zero-order valence-electron chi connectivity index (χ0n) is 14.2. The Balaban J connectivity index is 1.72. The molecule has 2 aromatic rings. The normalized spacial score (nSPS) is 18.0. The van der Waals surface area contributed by atoms with Crippen LogP contribution in [0, 0.1) is 11.7 Å². The third-order valence-corrected chi connectivity index (χ3v) is 4.73. The van der Waals surface area contributed by atoms with Crippen LogP contribution in [0.1, 0.15) is 37.2 Å². The van der Waals surface area contributed by atoms with Gasteiger partial charge >= 0.3 is 6.03 Å². The molecule has 0 bridgehead atoms. The Hall–Kier alpha value is -2.16. The number of H-pyrrole nitrogens is 1. The van der Waals surface area contributed by atoms with Crippen molar-refractivity contribution in [3.8, 4) is 0 Å². The fraction of sp³-hybridized carbons (Fsp3) is 0.600. The molecule has 1 aliphatic heterocycles. The summed E-state index contributed by atoms with van der Waals surface area (Å²) in [7, 11) is 1.82. The van der Waals surface area contributed by atoms with Gasteiger partial charge in [0.05, 0.1) is 5.69 Å². The van der Waals surface area contributed by atoms with Crippen molar-refractivity contribution in [1.82, 2.24) is 29.4 Å². The number of aryl methyl sites for hydroxylation is 2. The van der Waals surface area contributed by atoms with Crippen molar-refractivity contribution < 1.29 is 4.79 Å². The zero-order valence-corrected chi connectivity index (χ0v) is 15.1. The molecule has 24 heavy (non-hydrogen) atoms. The number of likely N-dealkylation sites (tertiary alicyclic amines) is 1. The molecule has 1 fully saturated rings. The van der Waals surface area contributed by atoms with Crippen LogP contribution < -0.4 is 5.32 Å². The van der Waals surface area contributed by atoms with E-state index in [-0.39, 0.29) is 11.9 Å². The predicted molar refractivity (Wildman–Crippen MR) is 93.6 cm³/mol. The van der Waals surface area contributed by atoms with Gasteiger partial charge in [0.1, 0.15) is 11.6 Å². The third-order valence-electron chi connectivity index (χ3n) is 4.41. The molecular formula is C15H23N7OS. The molecule has 8 nitrogen and oxygen atoms in total. The summed E-state index contributed by atoms with van der Waals surface area (Å²) in [4.78, 5) is 14.4. The van der Waals surface area contributed by atoms with E-state index in [1.165, 1.54) is 0 Å². The van der Waals surface area contributed by atoms with Crippen LogP contribution in [-0.2, 0) is 13.6 Å². The zero-order chi connectivity index (χ0) is 17.3. The first-order valence-electron chi connectivity index (χ1n) is 8.21. The summed E-state index contributed by atoms with van der Waals surface area (Å²) in [5.74, 6) is 1.85. The number of hydrogen-bond donors (Lipinski definition) is 2. The first-order chi connectivity index (χ1) is 11.5. The van der Waals surface area contributed by atoms with E-state index in [0.717, 1.165) is 37.4 Å². The highest BCUT2D eigenvalue weighted by Gasteiger charge is 2.28. The average molecular weight is 349 g/mol. The number of carbonyl (C=O) groups excluding carboxylic acids is 1. The highest BCUT2D eigenvalue weighted by Crippen LogP contribution is 2.26. The Bertz CT molecular complexity index is 790. The number of rotatable bonds is 3. The number of carbonyl (C=O) groups is 1. The maximum atomic E-state index is 12.6. The molecule has 0 radical (unpaired) electrons. The van der Waals surface area contributed by atoms with Gasteiger partial charge in [-0.15, -0.1) is 0 Å². The lowest BCUT2D eigenvalue weighted by molar-refractivity contribution is 0.190. The van der Waals surface area contributed by atoms with E-state index >= 15 is 0 Å². The van der Waals surface area contributed by atoms with E-state index in [2.05, 4.69) is 20.6 Å². The van der Waals surface area contributed by atoms with Crippen LogP contribution in [0.2, 0.25) is 0 Å². The number of piperidine rings is 1. The molecule has 1 atom stereocenters. The Labute approximate surface area is 145 Å². The van der Waals surface area contributed by atoms with Crippen molar-refractivity contribution >= 4 is 24.1 Å². The predicted octanol–water partition coefficient (Wildman–Crippen LogP) is 2.41. The molecule has 2 N–H and O–H groups in total. The Morgan fingerprint density at radius 3 is 3.00 bits per heavy atom. The second kappa shape index (κ2) is 6.76. The van der Waals surface area contributed by atoms with Gasteiger partial charge in [0.2, 0.25) is 0 Å². The molecule has 1 unspecified atom stereocenters. The average Bonchev–Trinajstić information content (AvgIpc) is 3.09. The van der Waals surface area contributed by atoms with Crippen LogP contribution in [0.5, 0.6) is 0 Å². The summed E-state index contributed by atoms with van der Waals surface area (Å²) < 4.78 is 4.32. The van der Waals surface area contributed by atoms with Gasteiger partial charge in [-0.1, -0.05) is 0 Å². The number of aromatic nitrogens is 5. The molecule has 0 aliphatic carbocycles. The van der Waals surface area contributed by atoms with Gasteiger partial charge in [0.15, 0.2) is 4.77 Å². The first-order valence-corrected chi connectivity index (χ1v) is 8.62. The SMILES string of the molecule is CCn1c(C2CCCN(C(=O)Nc3cc(C)nn3C)C2)n[nH]c1=S. The molecule has 0 spiro atoms. The van der Waals surface area contributed by atoms with E-state index in [1.54, 1.807) is 4.68 Å². The molecule has 3 heterocycles. The molecule has 1 saturated heterocycles. The molecule has 3 rings (SSSR count). The molecule has 1 aliphatic rings. The van der Waals surface area contributed by atoms with Gasteiger partial charge in [-0.3, -0.25) is 15.1 Å². The summed E-state index contributed by atoms with van der Waals surface area (Å²) >= 11 is 5.27. The standard InChI is InChI=1S/C15H23N7OS/c1-4-22-13(17-18-15(22)24)11-6-5-7-21(9-11)14(23)16-12-8-10(2)19-20(12)3/h8,11H,4-7,9H2,1-3H3,(H,16,23)(H,18,24). The second-order valence-corrected chi connectivity index (χ2v) is 6.53. The Morgan fingerprint density at radius 2 is 2.33 bits per heavy atom. The lowest BCUT2D eigenvalue weighted by Gasteiger charge is -2.32. The number of amides is 2. The van der Waals surface area contributed by atoms with E-state index < -0.39 is 0 Å². The Morgan fingerprint density at radius 1 is 1.54 bits per heavy atom. The lowest BCUT2D eigenvalue weighted by atomic mass is 9.97. The van der Waals surface area contributed by atoms with Gasteiger partial charge in [0, 0.05) is 38.7 Å². The van der Waals surface area contributed by atoms with Gasteiger partial charge in [-0.05, 0) is 38.9 Å². The van der Waals surface area contributed by atoms with Crippen molar-refractivity contribution in [3.63, 3.8) is 0 Å². The third kappa shape index (κ3) is 3.21. The highest BCUT2D eigenvalue weighted by atomic mass is 32.1. The van der Waals surface area contributed by atoms with Crippen molar-refractivity contribution in [2.24, 2.45) is 7.05 Å². The number of anilines is 1.